The fourth-order valence-corrected chi connectivity index (χ4v) is 1.59. The average molecular weight is 251 g/mol. The largest absolute Gasteiger partial charge is 0.391 e. The molecule has 0 atom stereocenters. The molecule has 0 saturated heterocycles. The minimum Gasteiger partial charge on any atom is -0.391 e. The Bertz CT molecular complexity index is 541. The van der Waals surface area contributed by atoms with Crippen molar-refractivity contribution in [2.75, 3.05) is 0 Å². The van der Waals surface area contributed by atoms with Gasteiger partial charge in [-0.05, 0) is 24.1 Å². The molecule has 2 heteroatoms. The first-order valence-corrected chi connectivity index (χ1v) is 6.27. The van der Waals surface area contributed by atoms with Gasteiger partial charge in [-0.3, -0.25) is 0 Å². The molecule has 0 unspecified atom stereocenters. The predicted molar refractivity (Wildman–Crippen MR) is 79.9 cm³/mol. The van der Waals surface area contributed by atoms with Gasteiger partial charge < -0.3 is 4.84 Å². The summed E-state index contributed by atoms with van der Waals surface area (Å²) in [6.07, 6.45) is 5.50. The second-order valence-electron chi connectivity index (χ2n) is 4.28. The second-order valence-corrected chi connectivity index (χ2v) is 4.28. The molecule has 0 heterocycles. The van der Waals surface area contributed by atoms with Crippen LogP contribution in [0.15, 0.2) is 65.8 Å². The van der Waals surface area contributed by atoms with E-state index < -0.39 is 0 Å². The van der Waals surface area contributed by atoms with Crippen LogP contribution in [0, 0.1) is 6.92 Å². The highest BCUT2D eigenvalue weighted by Gasteiger charge is 1.90. The standard InChI is InChI=1S/C17H17NO/c1-15-9-11-17(12-10-15)14-19-18-13-5-8-16-6-3-2-4-7-16/h2-13H,14H2,1H3. The van der Waals surface area contributed by atoms with E-state index in [1.165, 1.54) is 5.56 Å². The van der Waals surface area contributed by atoms with E-state index in [2.05, 4.69) is 24.2 Å². The van der Waals surface area contributed by atoms with Crippen LogP contribution in [0.3, 0.4) is 0 Å². The van der Waals surface area contributed by atoms with Gasteiger partial charge in [0, 0.05) is 0 Å². The first kappa shape index (κ1) is 13.1. The molecule has 0 spiro atoms. The molecule has 96 valence electrons. The molecule has 0 amide bonds. The fourth-order valence-electron chi connectivity index (χ4n) is 1.59. The number of oxime groups is 1. The summed E-state index contributed by atoms with van der Waals surface area (Å²) in [4.78, 5) is 5.22. The van der Waals surface area contributed by atoms with Crippen molar-refractivity contribution in [3.63, 3.8) is 0 Å². The van der Waals surface area contributed by atoms with E-state index in [1.807, 2.05) is 54.6 Å². The van der Waals surface area contributed by atoms with E-state index >= 15 is 0 Å². The topological polar surface area (TPSA) is 21.6 Å². The van der Waals surface area contributed by atoms with Crippen LogP contribution in [0.2, 0.25) is 0 Å². The van der Waals surface area contributed by atoms with Gasteiger partial charge in [-0.1, -0.05) is 71.4 Å². The predicted octanol–water partition coefficient (Wildman–Crippen LogP) is 4.21. The Labute approximate surface area is 114 Å². The lowest BCUT2D eigenvalue weighted by Crippen LogP contribution is -1.86. The lowest BCUT2D eigenvalue weighted by Gasteiger charge is -1.99. The normalized spacial score (nSPS) is 11.2. The molecular weight excluding hydrogens is 234 g/mol. The molecule has 0 radical (unpaired) electrons. The highest BCUT2D eigenvalue weighted by molar-refractivity contribution is 5.77. The maximum Gasteiger partial charge on any atom is 0.142 e. The Morgan fingerprint density at radius 3 is 2.47 bits per heavy atom. The quantitative estimate of drug-likeness (QED) is 0.576. The zero-order chi connectivity index (χ0) is 13.3. The molecule has 0 aliphatic rings. The third-order valence-electron chi connectivity index (χ3n) is 2.66. The van der Waals surface area contributed by atoms with Crippen molar-refractivity contribution in [3.05, 3.63) is 77.4 Å². The second kappa shape index (κ2) is 7.17. The summed E-state index contributed by atoms with van der Waals surface area (Å²) in [6.45, 7) is 2.56. The van der Waals surface area contributed by atoms with Gasteiger partial charge >= 0.3 is 0 Å². The summed E-state index contributed by atoms with van der Waals surface area (Å²) < 4.78 is 0. The molecule has 0 N–H and O–H groups in total. The molecule has 0 aliphatic carbocycles. The molecule has 0 aromatic heterocycles. The number of allylic oxidation sites excluding steroid dienone is 1. The van der Waals surface area contributed by atoms with E-state index in [0.29, 0.717) is 6.61 Å². The molecule has 0 bridgehead atoms. The Kier molecular flexibility index (Phi) is 4.94. The van der Waals surface area contributed by atoms with Gasteiger partial charge in [0.1, 0.15) is 6.61 Å². The lowest BCUT2D eigenvalue weighted by atomic mass is 10.2. The summed E-state index contributed by atoms with van der Waals surface area (Å²) in [5.74, 6) is 0. The molecule has 0 fully saturated rings. The van der Waals surface area contributed by atoms with Crippen molar-refractivity contribution in [2.45, 2.75) is 13.5 Å². The van der Waals surface area contributed by atoms with Gasteiger partial charge in [-0.2, -0.15) is 0 Å². The molecule has 2 aromatic carbocycles. The van der Waals surface area contributed by atoms with Crippen molar-refractivity contribution in [2.24, 2.45) is 5.16 Å². The number of benzene rings is 2. The molecule has 0 aliphatic heterocycles. The Morgan fingerprint density at radius 2 is 1.74 bits per heavy atom. The third-order valence-corrected chi connectivity index (χ3v) is 2.66. The summed E-state index contributed by atoms with van der Waals surface area (Å²) in [6, 6.07) is 18.3. The molecule has 2 nitrogen and oxygen atoms in total. The van der Waals surface area contributed by atoms with Gasteiger partial charge in [-0.25, -0.2) is 0 Å². The minimum absolute atomic E-state index is 0.496. The molecule has 0 saturated carbocycles. The monoisotopic (exact) mass is 251 g/mol. The number of hydrogen-bond donors (Lipinski definition) is 0. The van der Waals surface area contributed by atoms with Crippen molar-refractivity contribution in [1.82, 2.24) is 0 Å². The summed E-state index contributed by atoms with van der Waals surface area (Å²) in [5, 5.41) is 3.89. The fraction of sp³-hybridized carbons (Fsp3) is 0.118. The van der Waals surface area contributed by atoms with E-state index in [-0.39, 0.29) is 0 Å². The van der Waals surface area contributed by atoms with Gasteiger partial charge in [0.2, 0.25) is 0 Å². The van der Waals surface area contributed by atoms with Gasteiger partial charge in [0.25, 0.3) is 0 Å². The van der Waals surface area contributed by atoms with Crippen LogP contribution in [0.5, 0.6) is 0 Å². The van der Waals surface area contributed by atoms with Crippen LogP contribution in [0.4, 0.5) is 0 Å². The van der Waals surface area contributed by atoms with Crippen LogP contribution >= 0.6 is 0 Å². The van der Waals surface area contributed by atoms with E-state index in [4.69, 9.17) is 4.84 Å². The zero-order valence-electron chi connectivity index (χ0n) is 11.0. The maximum absolute atomic E-state index is 5.22. The smallest absolute Gasteiger partial charge is 0.142 e. The van der Waals surface area contributed by atoms with Crippen molar-refractivity contribution < 1.29 is 4.84 Å². The lowest BCUT2D eigenvalue weighted by molar-refractivity contribution is 0.132. The molecule has 2 aromatic rings. The van der Waals surface area contributed by atoms with Crippen molar-refractivity contribution in [1.29, 1.82) is 0 Å². The minimum atomic E-state index is 0.496. The van der Waals surface area contributed by atoms with Gasteiger partial charge in [-0.15, -0.1) is 0 Å². The molecular formula is C17H17NO. The van der Waals surface area contributed by atoms with E-state index in [1.54, 1.807) is 6.21 Å². The molecule has 2 rings (SSSR count). The number of nitrogens with zero attached hydrogens (tertiary/aromatic N) is 1. The highest BCUT2D eigenvalue weighted by Crippen LogP contribution is 2.04. The summed E-state index contributed by atoms with van der Waals surface area (Å²) in [7, 11) is 0. The number of rotatable bonds is 5. The Morgan fingerprint density at radius 1 is 1.00 bits per heavy atom. The van der Waals surface area contributed by atoms with Crippen LogP contribution in [0.25, 0.3) is 6.08 Å². The third kappa shape index (κ3) is 4.80. The maximum atomic E-state index is 5.22. The SMILES string of the molecule is Cc1ccc(CON=CC=Cc2ccccc2)cc1. The summed E-state index contributed by atoms with van der Waals surface area (Å²) in [5.41, 5.74) is 3.51. The first-order chi connectivity index (χ1) is 9.34. The zero-order valence-corrected chi connectivity index (χ0v) is 11.0. The average Bonchev–Trinajstić information content (AvgIpc) is 2.46. The van der Waals surface area contributed by atoms with E-state index in [9.17, 15) is 0 Å². The van der Waals surface area contributed by atoms with Crippen molar-refractivity contribution in [3.8, 4) is 0 Å². The summed E-state index contributed by atoms with van der Waals surface area (Å²) >= 11 is 0. The van der Waals surface area contributed by atoms with Crippen LogP contribution in [-0.4, -0.2) is 6.21 Å². The van der Waals surface area contributed by atoms with E-state index in [0.717, 1.165) is 11.1 Å². The van der Waals surface area contributed by atoms with Gasteiger partial charge in [0.05, 0.1) is 6.21 Å². The number of hydrogen-bond acceptors (Lipinski definition) is 2. The Balaban J connectivity index is 1.75. The van der Waals surface area contributed by atoms with Gasteiger partial charge in [0.15, 0.2) is 0 Å². The number of aryl methyl sites for hydroxylation is 1. The van der Waals surface area contributed by atoms with Crippen LogP contribution in [0.1, 0.15) is 16.7 Å². The highest BCUT2D eigenvalue weighted by atomic mass is 16.6. The van der Waals surface area contributed by atoms with Crippen molar-refractivity contribution >= 4 is 12.3 Å². The van der Waals surface area contributed by atoms with Crippen LogP contribution < -0.4 is 0 Å². The Hall–Kier alpha value is -2.35. The van der Waals surface area contributed by atoms with Crippen LogP contribution in [-0.2, 0) is 11.4 Å². The molecule has 19 heavy (non-hydrogen) atoms. The first-order valence-electron chi connectivity index (χ1n) is 6.27.